The van der Waals surface area contributed by atoms with Crippen LogP contribution in [0.15, 0.2) is 59.6 Å². The van der Waals surface area contributed by atoms with Gasteiger partial charge in [0.25, 0.3) is 5.91 Å². The van der Waals surface area contributed by atoms with Gasteiger partial charge in [0.2, 0.25) is 5.91 Å². The molecule has 170 valence electrons. The first-order valence-electron chi connectivity index (χ1n) is 9.25. The molecule has 2 amide bonds. The first-order valence-corrected chi connectivity index (χ1v) is 10.5. The molecule has 8 N–H and O–H groups in total. The molecule has 32 heavy (non-hydrogen) atoms. The second kappa shape index (κ2) is 11.0. The minimum Gasteiger partial charge on any atom is -0.481 e. The summed E-state index contributed by atoms with van der Waals surface area (Å²) in [4.78, 5) is 40.3. The van der Waals surface area contributed by atoms with Crippen LogP contribution in [0.4, 0.5) is 5.69 Å². The number of guanidine groups is 1. The van der Waals surface area contributed by atoms with Crippen molar-refractivity contribution >= 4 is 40.5 Å². The van der Waals surface area contributed by atoms with Gasteiger partial charge in [-0.2, -0.15) is 0 Å². The fraction of sp³-hybridized carbons (Fsp3) is 0.200. The summed E-state index contributed by atoms with van der Waals surface area (Å²) in [5.74, 6) is -3.35. The van der Waals surface area contributed by atoms with Crippen molar-refractivity contribution in [2.75, 3.05) is 12.3 Å². The summed E-state index contributed by atoms with van der Waals surface area (Å²) >= 11 is -2.42. The van der Waals surface area contributed by atoms with E-state index in [9.17, 15) is 28.3 Å². The van der Waals surface area contributed by atoms with Gasteiger partial charge in [0, 0.05) is 5.56 Å². The topological polar surface area (TPSA) is 197 Å². The lowest BCUT2D eigenvalue weighted by molar-refractivity contribution is -0.139. The number of carbonyl (C=O) groups is 3. The van der Waals surface area contributed by atoms with Crippen molar-refractivity contribution < 1.29 is 28.3 Å². The van der Waals surface area contributed by atoms with E-state index >= 15 is 0 Å². The third-order valence-corrected chi connectivity index (χ3v) is 5.04. The Hall–Kier alpha value is -3.77. The Morgan fingerprint density at radius 3 is 2.34 bits per heavy atom. The molecule has 0 aliphatic heterocycles. The summed E-state index contributed by atoms with van der Waals surface area (Å²) in [5, 5.41) is 14.3. The van der Waals surface area contributed by atoms with Crippen molar-refractivity contribution in [3.8, 4) is 0 Å². The number of aliphatic carboxylic acids is 1. The largest absolute Gasteiger partial charge is 0.481 e. The molecule has 0 aliphatic carbocycles. The number of rotatable bonds is 10. The number of nitrogens with zero attached hydrogens (tertiary/aromatic N) is 1. The van der Waals surface area contributed by atoms with E-state index in [1.165, 1.54) is 12.1 Å². The van der Waals surface area contributed by atoms with Crippen molar-refractivity contribution in [3.63, 3.8) is 0 Å². The van der Waals surface area contributed by atoms with E-state index in [1.54, 1.807) is 42.5 Å². The molecule has 0 bridgehead atoms. The number of amides is 2. The van der Waals surface area contributed by atoms with E-state index in [4.69, 9.17) is 11.5 Å². The molecule has 2 aromatic rings. The fourth-order valence-electron chi connectivity index (χ4n) is 3.05. The van der Waals surface area contributed by atoms with Crippen LogP contribution in [-0.2, 0) is 26.2 Å². The monoisotopic (exact) mass is 461 g/mol. The standard InChI is InChI=1S/C20H23N5O6S/c21-19(22)24-15-8-4-5-13(9-15)18(29)23-11-16(26)25-20(10-17(27)28,12-32(30)31)14-6-2-1-3-7-14/h1-9H,10-12H2,(H,23,29)(H,25,26)(H,27,28)(H,30,31)(H4,21,22,24). The maximum absolute atomic E-state index is 12.6. The molecular weight excluding hydrogens is 438 g/mol. The molecule has 2 aromatic carbocycles. The third-order valence-electron chi connectivity index (χ3n) is 4.30. The normalized spacial score (nSPS) is 13.3. The molecule has 0 saturated carbocycles. The van der Waals surface area contributed by atoms with Gasteiger partial charge in [-0.15, -0.1) is 0 Å². The lowest BCUT2D eigenvalue weighted by Crippen LogP contribution is -2.53. The van der Waals surface area contributed by atoms with E-state index in [0.717, 1.165) is 0 Å². The Morgan fingerprint density at radius 1 is 1.06 bits per heavy atom. The first kappa shape index (κ1) is 24.5. The smallest absolute Gasteiger partial charge is 0.306 e. The molecule has 0 heterocycles. The van der Waals surface area contributed by atoms with E-state index in [1.807, 2.05) is 0 Å². The summed E-state index contributed by atoms with van der Waals surface area (Å²) in [6.45, 7) is -0.502. The summed E-state index contributed by atoms with van der Waals surface area (Å²) in [5.41, 5.74) is 9.86. The maximum Gasteiger partial charge on any atom is 0.306 e. The van der Waals surface area contributed by atoms with Gasteiger partial charge in [-0.3, -0.25) is 14.4 Å². The van der Waals surface area contributed by atoms with Crippen molar-refractivity contribution in [2.24, 2.45) is 16.5 Å². The van der Waals surface area contributed by atoms with Crippen molar-refractivity contribution in [1.82, 2.24) is 10.6 Å². The molecule has 2 unspecified atom stereocenters. The minimum absolute atomic E-state index is 0.182. The van der Waals surface area contributed by atoms with Crippen molar-refractivity contribution in [1.29, 1.82) is 0 Å². The van der Waals surface area contributed by atoms with Gasteiger partial charge in [-0.05, 0) is 23.8 Å². The number of carboxylic acids is 1. The summed E-state index contributed by atoms with van der Waals surface area (Å²) in [6.07, 6.45) is -0.635. The van der Waals surface area contributed by atoms with Crippen LogP contribution in [0, 0.1) is 0 Å². The molecule has 0 radical (unpaired) electrons. The van der Waals surface area contributed by atoms with Crippen LogP contribution in [0.2, 0.25) is 0 Å². The minimum atomic E-state index is -2.42. The molecule has 0 aromatic heterocycles. The average molecular weight is 462 g/mol. The Morgan fingerprint density at radius 2 is 1.75 bits per heavy atom. The van der Waals surface area contributed by atoms with Gasteiger partial charge >= 0.3 is 5.97 Å². The highest BCUT2D eigenvalue weighted by atomic mass is 32.2. The number of nitrogens with two attached hydrogens (primary N) is 2. The number of carboxylic acid groups (broad SMARTS) is 1. The molecular formula is C20H23N5O6S. The molecule has 2 rings (SSSR count). The van der Waals surface area contributed by atoms with E-state index in [0.29, 0.717) is 11.3 Å². The Kier molecular flexibility index (Phi) is 8.44. The molecule has 0 saturated heterocycles. The second-order valence-corrected chi connectivity index (χ2v) is 7.73. The van der Waals surface area contributed by atoms with E-state index in [2.05, 4.69) is 15.6 Å². The highest BCUT2D eigenvalue weighted by molar-refractivity contribution is 7.79. The van der Waals surface area contributed by atoms with Crippen LogP contribution in [0.1, 0.15) is 22.3 Å². The maximum atomic E-state index is 12.6. The second-order valence-electron chi connectivity index (χ2n) is 6.80. The van der Waals surface area contributed by atoms with Crippen molar-refractivity contribution in [2.45, 2.75) is 12.0 Å². The zero-order chi connectivity index (χ0) is 23.7. The SMILES string of the molecule is NC(N)=Nc1cccc(C(=O)NCC(=O)NC(CC(=O)O)(CS(=O)O)c2ccccc2)c1. The molecule has 2 atom stereocenters. The molecule has 12 heteroatoms. The Balaban J connectivity index is 2.18. The number of aliphatic imine (C=N–C) groups is 1. The van der Waals surface area contributed by atoms with Crippen LogP contribution in [-0.4, -0.2) is 49.9 Å². The van der Waals surface area contributed by atoms with Crippen LogP contribution in [0.5, 0.6) is 0 Å². The number of nitrogens with one attached hydrogen (secondary N) is 2. The number of carbonyl (C=O) groups excluding carboxylic acids is 2. The number of benzene rings is 2. The van der Waals surface area contributed by atoms with Crippen LogP contribution >= 0.6 is 0 Å². The van der Waals surface area contributed by atoms with E-state index in [-0.39, 0.29) is 11.5 Å². The number of hydrogen-bond donors (Lipinski definition) is 6. The third kappa shape index (κ3) is 7.18. The average Bonchev–Trinajstić information content (AvgIpc) is 2.71. The van der Waals surface area contributed by atoms with Crippen LogP contribution in [0.3, 0.4) is 0 Å². The van der Waals surface area contributed by atoms with E-state index < -0.39 is 53.1 Å². The van der Waals surface area contributed by atoms with Gasteiger partial charge in [-0.1, -0.05) is 36.4 Å². The number of hydrogen-bond acceptors (Lipinski definition) is 5. The molecule has 0 fully saturated rings. The molecule has 0 aliphatic rings. The lowest BCUT2D eigenvalue weighted by atomic mass is 9.88. The molecule has 11 nitrogen and oxygen atoms in total. The lowest BCUT2D eigenvalue weighted by Gasteiger charge is -2.33. The van der Waals surface area contributed by atoms with Gasteiger partial charge in [-0.25, -0.2) is 9.20 Å². The highest BCUT2D eigenvalue weighted by Crippen LogP contribution is 2.26. The first-order chi connectivity index (χ1) is 15.1. The fourth-order valence-corrected chi connectivity index (χ4v) is 3.82. The predicted octanol–water partition coefficient (Wildman–Crippen LogP) is 0.0294. The van der Waals surface area contributed by atoms with Gasteiger partial charge < -0.3 is 31.8 Å². The van der Waals surface area contributed by atoms with Gasteiger partial charge in [0.15, 0.2) is 17.0 Å². The van der Waals surface area contributed by atoms with Crippen molar-refractivity contribution in [3.05, 3.63) is 65.7 Å². The molecule has 0 spiro atoms. The predicted molar refractivity (Wildman–Crippen MR) is 118 cm³/mol. The highest BCUT2D eigenvalue weighted by Gasteiger charge is 2.38. The van der Waals surface area contributed by atoms with Crippen LogP contribution < -0.4 is 22.1 Å². The van der Waals surface area contributed by atoms with Gasteiger partial charge in [0.1, 0.15) is 0 Å². The summed E-state index contributed by atoms with van der Waals surface area (Å²) in [7, 11) is 0. The summed E-state index contributed by atoms with van der Waals surface area (Å²) in [6, 6.07) is 14.1. The zero-order valence-electron chi connectivity index (χ0n) is 16.9. The quantitative estimate of drug-likeness (QED) is 0.162. The Bertz CT molecular complexity index is 1020. The van der Waals surface area contributed by atoms with Crippen LogP contribution in [0.25, 0.3) is 0 Å². The zero-order valence-corrected chi connectivity index (χ0v) is 17.7. The summed E-state index contributed by atoms with van der Waals surface area (Å²) < 4.78 is 21.0. The van der Waals surface area contributed by atoms with Gasteiger partial charge in [0.05, 0.1) is 29.9 Å². The Labute approximate surface area is 186 Å².